The molecule has 0 radical (unpaired) electrons. The Morgan fingerprint density at radius 2 is 1.78 bits per heavy atom. The average molecular weight is 455 g/mol. The lowest BCUT2D eigenvalue weighted by molar-refractivity contribution is 0.0953. The third-order valence-electron chi connectivity index (χ3n) is 4.50. The lowest BCUT2D eigenvalue weighted by Crippen LogP contribution is -2.29. The fourth-order valence-electron chi connectivity index (χ4n) is 2.98. The van der Waals surface area contributed by atoms with Gasteiger partial charge in [-0.1, -0.05) is 12.1 Å². The van der Waals surface area contributed by atoms with Crippen molar-refractivity contribution in [1.82, 2.24) is 9.62 Å². The Bertz CT molecular complexity index is 926. The van der Waals surface area contributed by atoms with Gasteiger partial charge in [-0.3, -0.25) is 4.79 Å². The zero-order chi connectivity index (χ0) is 19.4. The van der Waals surface area contributed by atoms with Gasteiger partial charge in [0.15, 0.2) is 0 Å². The minimum atomic E-state index is -3.58. The molecule has 0 bridgehead atoms. The minimum Gasteiger partial charge on any atom is -0.352 e. The molecule has 5 nitrogen and oxygen atoms in total. The summed E-state index contributed by atoms with van der Waals surface area (Å²) in [5.41, 5.74) is 1.18. The van der Waals surface area contributed by atoms with Crippen molar-refractivity contribution in [2.45, 2.75) is 24.2 Å². The largest absolute Gasteiger partial charge is 0.352 e. The minimum absolute atomic E-state index is 0.122. The second-order valence-electron chi connectivity index (χ2n) is 6.39. The normalized spacial score (nSPS) is 15.0. The smallest absolute Gasteiger partial charge is 0.252 e. The highest BCUT2D eigenvalue weighted by atomic mass is 79.9. The van der Waals surface area contributed by atoms with Gasteiger partial charge in [0.25, 0.3) is 5.91 Å². The maximum absolute atomic E-state index is 12.9. The van der Waals surface area contributed by atoms with Gasteiger partial charge in [0.1, 0.15) is 5.82 Å². The summed E-state index contributed by atoms with van der Waals surface area (Å²) >= 11 is 3.32. The average Bonchev–Trinajstić information content (AvgIpc) is 3.19. The molecule has 27 heavy (non-hydrogen) atoms. The number of benzene rings is 2. The van der Waals surface area contributed by atoms with E-state index in [-0.39, 0.29) is 22.2 Å². The summed E-state index contributed by atoms with van der Waals surface area (Å²) < 4.78 is 40.3. The first kappa shape index (κ1) is 20.0. The molecule has 0 aliphatic carbocycles. The Balaban J connectivity index is 1.69. The second kappa shape index (κ2) is 8.50. The van der Waals surface area contributed by atoms with E-state index in [2.05, 4.69) is 21.2 Å². The Labute approximate surface area is 166 Å². The molecular weight excluding hydrogens is 435 g/mol. The van der Waals surface area contributed by atoms with E-state index in [9.17, 15) is 17.6 Å². The molecule has 1 aliphatic heterocycles. The summed E-state index contributed by atoms with van der Waals surface area (Å²) in [6, 6.07) is 10.6. The number of sulfonamides is 1. The molecular formula is C19H20BrFN2O3S. The van der Waals surface area contributed by atoms with Gasteiger partial charge in [-0.2, -0.15) is 4.31 Å². The molecule has 0 atom stereocenters. The van der Waals surface area contributed by atoms with Crippen LogP contribution in [0, 0.1) is 5.82 Å². The maximum atomic E-state index is 12.9. The Morgan fingerprint density at radius 1 is 1.11 bits per heavy atom. The van der Waals surface area contributed by atoms with E-state index in [0.717, 1.165) is 18.4 Å². The van der Waals surface area contributed by atoms with Crippen molar-refractivity contribution >= 4 is 31.9 Å². The monoisotopic (exact) mass is 454 g/mol. The predicted molar refractivity (Wildman–Crippen MR) is 105 cm³/mol. The van der Waals surface area contributed by atoms with Crippen LogP contribution in [0.3, 0.4) is 0 Å². The van der Waals surface area contributed by atoms with Gasteiger partial charge in [-0.05, 0) is 71.1 Å². The van der Waals surface area contributed by atoms with Crippen molar-refractivity contribution < 1.29 is 17.6 Å². The first-order chi connectivity index (χ1) is 12.9. The third-order valence-corrected chi connectivity index (χ3v) is 7.08. The summed E-state index contributed by atoms with van der Waals surface area (Å²) in [6.45, 7) is 1.38. The summed E-state index contributed by atoms with van der Waals surface area (Å²) in [5, 5.41) is 2.78. The quantitative estimate of drug-likeness (QED) is 0.727. The number of carbonyl (C=O) groups is 1. The van der Waals surface area contributed by atoms with Crippen molar-refractivity contribution in [3.05, 3.63) is 63.9 Å². The SMILES string of the molecule is O=C(NCCc1ccc(F)cc1)c1cc(S(=O)(=O)N2CCCC2)ccc1Br. The lowest BCUT2D eigenvalue weighted by Gasteiger charge is -2.16. The van der Waals surface area contributed by atoms with E-state index >= 15 is 0 Å². The predicted octanol–water partition coefficient (Wildman–Crippen LogP) is 3.35. The van der Waals surface area contributed by atoms with Gasteiger partial charge in [-0.15, -0.1) is 0 Å². The fraction of sp³-hybridized carbons (Fsp3) is 0.316. The molecule has 2 aromatic carbocycles. The fourth-order valence-corrected chi connectivity index (χ4v) is 4.95. The van der Waals surface area contributed by atoms with Gasteiger partial charge < -0.3 is 5.32 Å². The zero-order valence-electron chi connectivity index (χ0n) is 14.6. The number of nitrogens with one attached hydrogen (secondary N) is 1. The van der Waals surface area contributed by atoms with Crippen LogP contribution in [0.25, 0.3) is 0 Å². The number of nitrogens with zero attached hydrogens (tertiary/aromatic N) is 1. The van der Waals surface area contributed by atoms with E-state index in [0.29, 0.717) is 30.5 Å². The summed E-state index contributed by atoms with van der Waals surface area (Å²) in [5.74, 6) is -0.662. The van der Waals surface area contributed by atoms with Crippen molar-refractivity contribution in [1.29, 1.82) is 0 Å². The number of hydrogen-bond donors (Lipinski definition) is 1. The number of hydrogen-bond acceptors (Lipinski definition) is 3. The third kappa shape index (κ3) is 4.75. The molecule has 8 heteroatoms. The van der Waals surface area contributed by atoms with Crippen LogP contribution in [0.15, 0.2) is 51.8 Å². The van der Waals surface area contributed by atoms with Gasteiger partial charge in [0, 0.05) is 24.1 Å². The van der Waals surface area contributed by atoms with Crippen LogP contribution in [-0.2, 0) is 16.4 Å². The molecule has 0 saturated carbocycles. The van der Waals surface area contributed by atoms with Crippen LogP contribution >= 0.6 is 15.9 Å². The van der Waals surface area contributed by atoms with Gasteiger partial charge in [0.2, 0.25) is 10.0 Å². The van der Waals surface area contributed by atoms with E-state index in [1.165, 1.54) is 28.6 Å². The van der Waals surface area contributed by atoms with Gasteiger partial charge in [0.05, 0.1) is 10.5 Å². The molecule has 0 aromatic heterocycles. The standard InChI is InChI=1S/C19H20BrFN2O3S/c20-18-8-7-16(27(25,26)23-11-1-2-12-23)13-17(18)19(24)22-10-9-14-3-5-15(21)6-4-14/h3-8,13H,1-2,9-12H2,(H,22,24). The van der Waals surface area contributed by atoms with Crippen LogP contribution in [0.1, 0.15) is 28.8 Å². The van der Waals surface area contributed by atoms with Crippen LogP contribution in [0.5, 0.6) is 0 Å². The Hall–Kier alpha value is -1.77. The number of rotatable bonds is 6. The van der Waals surface area contributed by atoms with Crippen LogP contribution < -0.4 is 5.32 Å². The number of halogens is 2. The first-order valence-electron chi connectivity index (χ1n) is 8.70. The van der Waals surface area contributed by atoms with Crippen molar-refractivity contribution in [3.63, 3.8) is 0 Å². The molecule has 0 spiro atoms. The second-order valence-corrected chi connectivity index (χ2v) is 9.18. The molecule has 1 heterocycles. The molecule has 1 saturated heterocycles. The molecule has 1 N–H and O–H groups in total. The van der Waals surface area contributed by atoms with Gasteiger partial charge in [-0.25, -0.2) is 12.8 Å². The highest BCUT2D eigenvalue weighted by molar-refractivity contribution is 9.10. The maximum Gasteiger partial charge on any atom is 0.252 e. The molecule has 1 fully saturated rings. The van der Waals surface area contributed by atoms with E-state index in [1.54, 1.807) is 18.2 Å². The zero-order valence-corrected chi connectivity index (χ0v) is 17.0. The highest BCUT2D eigenvalue weighted by Crippen LogP contribution is 2.25. The van der Waals surface area contributed by atoms with Crippen LogP contribution in [0.4, 0.5) is 4.39 Å². The molecule has 0 unspecified atom stereocenters. The molecule has 1 amide bonds. The van der Waals surface area contributed by atoms with Gasteiger partial charge >= 0.3 is 0 Å². The topological polar surface area (TPSA) is 66.5 Å². The van der Waals surface area contributed by atoms with E-state index in [4.69, 9.17) is 0 Å². The van der Waals surface area contributed by atoms with Crippen molar-refractivity contribution in [3.8, 4) is 0 Å². The molecule has 3 rings (SSSR count). The number of carbonyl (C=O) groups excluding carboxylic acids is 1. The van der Waals surface area contributed by atoms with Crippen molar-refractivity contribution in [2.75, 3.05) is 19.6 Å². The van der Waals surface area contributed by atoms with E-state index < -0.39 is 10.0 Å². The van der Waals surface area contributed by atoms with Crippen LogP contribution in [-0.4, -0.2) is 38.3 Å². The molecule has 144 valence electrons. The molecule has 2 aromatic rings. The summed E-state index contributed by atoms with van der Waals surface area (Å²) in [6.07, 6.45) is 2.26. The number of amides is 1. The van der Waals surface area contributed by atoms with Crippen LogP contribution in [0.2, 0.25) is 0 Å². The Kier molecular flexibility index (Phi) is 6.29. The summed E-state index contributed by atoms with van der Waals surface area (Å²) in [7, 11) is -3.58. The summed E-state index contributed by atoms with van der Waals surface area (Å²) in [4.78, 5) is 12.6. The Morgan fingerprint density at radius 3 is 2.44 bits per heavy atom. The molecule has 1 aliphatic rings. The van der Waals surface area contributed by atoms with E-state index in [1.807, 2.05) is 0 Å². The highest BCUT2D eigenvalue weighted by Gasteiger charge is 2.28. The van der Waals surface area contributed by atoms with Crippen molar-refractivity contribution in [2.24, 2.45) is 0 Å². The lowest BCUT2D eigenvalue weighted by atomic mass is 10.1. The first-order valence-corrected chi connectivity index (χ1v) is 10.9.